The fraction of sp³-hybridized carbons (Fsp3) is 0.444. The van der Waals surface area contributed by atoms with Crippen molar-refractivity contribution in [3.8, 4) is 0 Å². The fourth-order valence-electron chi connectivity index (χ4n) is 3.13. The zero-order valence-corrected chi connectivity index (χ0v) is 13.1. The molecule has 4 nitrogen and oxygen atoms in total. The number of hydrogen-bond donors (Lipinski definition) is 0. The van der Waals surface area contributed by atoms with Gasteiger partial charge in [0.1, 0.15) is 0 Å². The van der Waals surface area contributed by atoms with Crippen molar-refractivity contribution in [1.82, 2.24) is 14.5 Å². The van der Waals surface area contributed by atoms with E-state index in [0.29, 0.717) is 5.92 Å². The maximum Gasteiger partial charge on any atom is 0.253 e. The van der Waals surface area contributed by atoms with E-state index in [9.17, 15) is 4.79 Å². The summed E-state index contributed by atoms with van der Waals surface area (Å²) in [6.45, 7) is 4.87. The summed E-state index contributed by atoms with van der Waals surface area (Å²) in [5, 5.41) is 0. The lowest BCUT2D eigenvalue weighted by atomic mass is 9.93. The van der Waals surface area contributed by atoms with Gasteiger partial charge in [0.2, 0.25) is 0 Å². The minimum absolute atomic E-state index is 0.171. The molecule has 1 aliphatic rings. The van der Waals surface area contributed by atoms with Crippen molar-refractivity contribution in [3.63, 3.8) is 0 Å². The molecule has 0 saturated carbocycles. The number of carbonyl (C=O) groups excluding carboxylic acids is 1. The van der Waals surface area contributed by atoms with Crippen LogP contribution < -0.4 is 0 Å². The van der Waals surface area contributed by atoms with Gasteiger partial charge < -0.3 is 9.47 Å². The van der Waals surface area contributed by atoms with Gasteiger partial charge in [-0.25, -0.2) is 4.98 Å². The molecule has 1 amide bonds. The Morgan fingerprint density at radius 1 is 1.23 bits per heavy atom. The second-order valence-corrected chi connectivity index (χ2v) is 6.12. The Morgan fingerprint density at radius 2 is 1.95 bits per heavy atom. The van der Waals surface area contributed by atoms with Crippen LogP contribution in [0.3, 0.4) is 0 Å². The van der Waals surface area contributed by atoms with Gasteiger partial charge >= 0.3 is 0 Å². The Labute approximate surface area is 131 Å². The molecule has 0 N–H and O–H groups in total. The van der Waals surface area contributed by atoms with Gasteiger partial charge in [-0.3, -0.25) is 4.79 Å². The van der Waals surface area contributed by atoms with Gasteiger partial charge in [-0.15, -0.1) is 0 Å². The molecule has 3 rings (SSSR count). The van der Waals surface area contributed by atoms with E-state index in [-0.39, 0.29) is 5.91 Å². The van der Waals surface area contributed by atoms with Crippen LogP contribution in [-0.2, 0) is 6.54 Å². The molecule has 1 saturated heterocycles. The molecule has 0 unspecified atom stereocenters. The number of piperidine rings is 1. The van der Waals surface area contributed by atoms with Crippen molar-refractivity contribution in [2.45, 2.75) is 32.7 Å². The summed E-state index contributed by atoms with van der Waals surface area (Å²) < 4.78 is 2.21. The van der Waals surface area contributed by atoms with Gasteiger partial charge in [-0.2, -0.15) is 0 Å². The molecule has 22 heavy (non-hydrogen) atoms. The molecule has 2 aromatic rings. The maximum absolute atomic E-state index is 12.4. The molecule has 116 valence electrons. The molecule has 1 aromatic heterocycles. The first-order valence-electron chi connectivity index (χ1n) is 8.05. The summed E-state index contributed by atoms with van der Waals surface area (Å²) in [5.74, 6) is 0.881. The number of nitrogens with zero attached hydrogens (tertiary/aromatic N) is 3. The van der Waals surface area contributed by atoms with E-state index in [1.807, 2.05) is 47.8 Å². The van der Waals surface area contributed by atoms with E-state index < -0.39 is 0 Å². The summed E-state index contributed by atoms with van der Waals surface area (Å²) in [4.78, 5) is 18.6. The zero-order valence-electron chi connectivity index (χ0n) is 13.1. The first-order valence-corrected chi connectivity index (χ1v) is 8.05. The van der Waals surface area contributed by atoms with E-state index in [4.69, 9.17) is 0 Å². The van der Waals surface area contributed by atoms with Gasteiger partial charge in [0.15, 0.2) is 0 Å². The summed E-state index contributed by atoms with van der Waals surface area (Å²) in [7, 11) is 0. The van der Waals surface area contributed by atoms with Crippen LogP contribution in [0.15, 0.2) is 42.9 Å². The number of aryl methyl sites for hydroxylation is 2. The molecular weight excluding hydrogens is 274 g/mol. The first-order chi connectivity index (χ1) is 10.7. The number of aromatic nitrogens is 2. The van der Waals surface area contributed by atoms with Crippen LogP contribution >= 0.6 is 0 Å². The van der Waals surface area contributed by atoms with E-state index in [2.05, 4.69) is 16.5 Å². The highest BCUT2D eigenvalue weighted by Crippen LogP contribution is 2.22. The van der Waals surface area contributed by atoms with Crippen molar-refractivity contribution in [2.75, 3.05) is 13.1 Å². The molecular formula is C18H23N3O. The van der Waals surface area contributed by atoms with E-state index >= 15 is 0 Å². The lowest BCUT2D eigenvalue weighted by Crippen LogP contribution is -2.38. The summed E-state index contributed by atoms with van der Waals surface area (Å²) in [6, 6.07) is 9.59. The largest absolute Gasteiger partial charge is 0.339 e. The number of amides is 1. The van der Waals surface area contributed by atoms with Crippen LogP contribution in [0.1, 0.15) is 35.3 Å². The van der Waals surface area contributed by atoms with Crippen LogP contribution in [0.25, 0.3) is 0 Å². The number of rotatable bonds is 4. The van der Waals surface area contributed by atoms with E-state index in [0.717, 1.165) is 38.0 Å². The molecule has 0 radical (unpaired) electrons. The third-order valence-corrected chi connectivity index (χ3v) is 4.62. The third kappa shape index (κ3) is 3.38. The van der Waals surface area contributed by atoms with Gasteiger partial charge in [-0.05, 0) is 44.2 Å². The highest BCUT2D eigenvalue weighted by molar-refractivity contribution is 5.94. The van der Waals surface area contributed by atoms with Gasteiger partial charge in [0.25, 0.3) is 5.91 Å². The Hall–Kier alpha value is -2.10. The number of carbonyl (C=O) groups is 1. The average molecular weight is 297 g/mol. The fourth-order valence-corrected chi connectivity index (χ4v) is 3.13. The smallest absolute Gasteiger partial charge is 0.253 e. The third-order valence-electron chi connectivity index (χ3n) is 4.62. The number of imidazole rings is 1. The zero-order chi connectivity index (χ0) is 15.4. The molecule has 2 heterocycles. The van der Waals surface area contributed by atoms with E-state index in [1.165, 1.54) is 12.1 Å². The summed E-state index contributed by atoms with van der Waals surface area (Å²) >= 11 is 0. The van der Waals surface area contributed by atoms with Crippen molar-refractivity contribution < 1.29 is 4.79 Å². The molecule has 1 aromatic carbocycles. The molecule has 0 spiro atoms. The average Bonchev–Trinajstić information content (AvgIpc) is 2.99. The lowest BCUT2D eigenvalue weighted by molar-refractivity contribution is 0.0685. The molecule has 0 aliphatic carbocycles. The number of hydrogen-bond acceptors (Lipinski definition) is 2. The van der Waals surface area contributed by atoms with E-state index in [1.54, 1.807) is 0 Å². The van der Waals surface area contributed by atoms with Crippen molar-refractivity contribution in [2.24, 2.45) is 5.92 Å². The highest BCUT2D eigenvalue weighted by atomic mass is 16.2. The van der Waals surface area contributed by atoms with Crippen LogP contribution in [0.2, 0.25) is 0 Å². The van der Waals surface area contributed by atoms with Crippen LogP contribution in [0, 0.1) is 12.8 Å². The first kappa shape index (κ1) is 14.8. The van der Waals surface area contributed by atoms with Crippen molar-refractivity contribution >= 4 is 5.91 Å². The topological polar surface area (TPSA) is 38.1 Å². The summed E-state index contributed by atoms with van der Waals surface area (Å²) in [6.07, 6.45) is 7.19. The number of likely N-dealkylation sites (tertiary alicyclic amines) is 1. The quantitative estimate of drug-likeness (QED) is 0.869. The van der Waals surface area contributed by atoms with Gasteiger partial charge in [-0.1, -0.05) is 18.2 Å². The van der Waals surface area contributed by atoms with Crippen LogP contribution in [0.4, 0.5) is 0 Å². The Bertz CT molecular complexity index is 612. The van der Waals surface area contributed by atoms with Gasteiger partial charge in [0, 0.05) is 37.1 Å². The SMILES string of the molecule is Cc1cncn1CCC1CCN(C(=O)c2ccccc2)CC1. The Morgan fingerprint density at radius 3 is 2.59 bits per heavy atom. The second-order valence-electron chi connectivity index (χ2n) is 6.12. The summed E-state index contributed by atoms with van der Waals surface area (Å²) in [5.41, 5.74) is 2.02. The second kappa shape index (κ2) is 6.77. The van der Waals surface area contributed by atoms with Crippen molar-refractivity contribution in [1.29, 1.82) is 0 Å². The van der Waals surface area contributed by atoms with Crippen molar-refractivity contribution in [3.05, 3.63) is 54.1 Å². The normalized spacial score (nSPS) is 16.0. The monoisotopic (exact) mass is 297 g/mol. The van der Waals surface area contributed by atoms with Crippen LogP contribution in [0.5, 0.6) is 0 Å². The van der Waals surface area contributed by atoms with Crippen LogP contribution in [-0.4, -0.2) is 33.4 Å². The maximum atomic E-state index is 12.4. The Kier molecular flexibility index (Phi) is 4.56. The molecule has 0 atom stereocenters. The Balaban J connectivity index is 1.48. The molecule has 4 heteroatoms. The van der Waals surface area contributed by atoms with Gasteiger partial charge in [0.05, 0.1) is 6.33 Å². The minimum atomic E-state index is 0.171. The highest BCUT2D eigenvalue weighted by Gasteiger charge is 2.23. The molecule has 0 bridgehead atoms. The number of benzene rings is 1. The minimum Gasteiger partial charge on any atom is -0.339 e. The predicted octanol–water partition coefficient (Wildman–Crippen LogP) is 3.13. The lowest BCUT2D eigenvalue weighted by Gasteiger charge is -2.32. The molecule has 1 aliphatic heterocycles. The predicted molar refractivity (Wildman–Crippen MR) is 86.7 cm³/mol. The molecule has 1 fully saturated rings. The standard InChI is InChI=1S/C18H23N3O/c1-15-13-19-14-21(15)12-9-16-7-10-20(11-8-16)18(22)17-5-3-2-4-6-17/h2-6,13-14,16H,7-12H2,1H3.